The monoisotopic (exact) mass is 315 g/mol. The molecule has 118 valence electrons. The molecule has 0 radical (unpaired) electrons. The number of methoxy groups -OCH3 is 1. The molecule has 0 atom stereocenters. The van der Waals surface area contributed by atoms with Crippen molar-refractivity contribution in [3.05, 3.63) is 34.6 Å². The van der Waals surface area contributed by atoms with Gasteiger partial charge in [0, 0.05) is 37.7 Å². The Morgan fingerprint density at radius 3 is 2.67 bits per heavy atom. The van der Waals surface area contributed by atoms with Gasteiger partial charge in [0.15, 0.2) is 5.96 Å². The molecule has 0 fully saturated rings. The number of ether oxygens (including phenoxy) is 1. The molecular formula is C15H23ClFN3O. The molecule has 0 aliphatic carbocycles. The van der Waals surface area contributed by atoms with Gasteiger partial charge in [0.25, 0.3) is 0 Å². The number of nitrogens with zero attached hydrogens (tertiary/aromatic N) is 1. The van der Waals surface area contributed by atoms with Crippen LogP contribution in [-0.2, 0) is 10.2 Å². The van der Waals surface area contributed by atoms with Crippen LogP contribution in [0.2, 0.25) is 5.02 Å². The Kier molecular flexibility index (Phi) is 6.92. The first-order valence-electron chi connectivity index (χ1n) is 6.79. The average molecular weight is 316 g/mol. The number of guanidine groups is 1. The average Bonchev–Trinajstić information content (AvgIpc) is 2.42. The molecule has 0 amide bonds. The van der Waals surface area contributed by atoms with Crippen LogP contribution in [0.15, 0.2) is 23.2 Å². The molecule has 21 heavy (non-hydrogen) atoms. The number of halogens is 2. The van der Waals surface area contributed by atoms with Gasteiger partial charge in [-0.25, -0.2) is 4.39 Å². The van der Waals surface area contributed by atoms with E-state index in [1.54, 1.807) is 20.2 Å². The van der Waals surface area contributed by atoms with Gasteiger partial charge in [0.1, 0.15) is 5.82 Å². The summed E-state index contributed by atoms with van der Waals surface area (Å²) >= 11 is 6.14. The van der Waals surface area contributed by atoms with E-state index in [9.17, 15) is 4.39 Å². The normalized spacial score (nSPS) is 12.4. The van der Waals surface area contributed by atoms with Crippen molar-refractivity contribution in [3.63, 3.8) is 0 Å². The highest BCUT2D eigenvalue weighted by Crippen LogP contribution is 2.29. The number of rotatable bonds is 6. The van der Waals surface area contributed by atoms with E-state index in [1.165, 1.54) is 12.1 Å². The summed E-state index contributed by atoms with van der Waals surface area (Å²) in [6, 6.07) is 4.49. The van der Waals surface area contributed by atoms with Crippen LogP contribution in [0.1, 0.15) is 19.4 Å². The molecule has 0 unspecified atom stereocenters. The minimum Gasteiger partial charge on any atom is -0.383 e. The lowest BCUT2D eigenvalue weighted by molar-refractivity contribution is 0.203. The van der Waals surface area contributed by atoms with Crippen LogP contribution in [0.5, 0.6) is 0 Å². The fourth-order valence-electron chi connectivity index (χ4n) is 1.93. The van der Waals surface area contributed by atoms with E-state index in [4.69, 9.17) is 16.3 Å². The van der Waals surface area contributed by atoms with E-state index in [1.807, 2.05) is 13.8 Å². The Morgan fingerprint density at radius 2 is 2.10 bits per heavy atom. The smallest absolute Gasteiger partial charge is 0.191 e. The quantitative estimate of drug-likeness (QED) is 0.482. The minimum absolute atomic E-state index is 0.260. The van der Waals surface area contributed by atoms with Crippen molar-refractivity contribution < 1.29 is 9.13 Å². The third-order valence-electron chi connectivity index (χ3n) is 3.18. The van der Waals surface area contributed by atoms with Gasteiger partial charge in [-0.05, 0) is 17.7 Å². The number of aliphatic imine (C=N–C) groups is 1. The van der Waals surface area contributed by atoms with Crippen LogP contribution in [-0.4, -0.2) is 39.8 Å². The summed E-state index contributed by atoms with van der Waals surface area (Å²) in [4.78, 5) is 4.14. The lowest BCUT2D eigenvalue weighted by atomic mass is 9.84. The molecule has 2 N–H and O–H groups in total. The molecule has 0 aliphatic heterocycles. The second-order valence-electron chi connectivity index (χ2n) is 5.35. The fourth-order valence-corrected chi connectivity index (χ4v) is 2.35. The first-order chi connectivity index (χ1) is 9.90. The molecule has 0 aliphatic rings. The summed E-state index contributed by atoms with van der Waals surface area (Å²) in [7, 11) is 3.36. The highest BCUT2D eigenvalue weighted by molar-refractivity contribution is 6.31. The zero-order valence-corrected chi connectivity index (χ0v) is 13.7. The Hall–Kier alpha value is -1.33. The maximum atomic E-state index is 13.1. The number of benzene rings is 1. The third-order valence-corrected chi connectivity index (χ3v) is 3.49. The van der Waals surface area contributed by atoms with Crippen molar-refractivity contribution in [1.82, 2.24) is 10.6 Å². The predicted octanol–water partition coefficient (Wildman–Crippen LogP) is 2.57. The summed E-state index contributed by atoms with van der Waals surface area (Å²) in [6.45, 7) is 5.98. The zero-order valence-electron chi connectivity index (χ0n) is 13.0. The summed E-state index contributed by atoms with van der Waals surface area (Å²) in [5, 5.41) is 6.81. The van der Waals surface area contributed by atoms with Crippen LogP contribution in [0.3, 0.4) is 0 Å². The molecule has 6 heteroatoms. The maximum Gasteiger partial charge on any atom is 0.191 e. The summed E-state index contributed by atoms with van der Waals surface area (Å²) in [5.41, 5.74) is 0.634. The summed E-state index contributed by atoms with van der Waals surface area (Å²) in [5.74, 6) is 0.364. The molecule has 1 aromatic carbocycles. The van der Waals surface area contributed by atoms with E-state index in [0.29, 0.717) is 30.7 Å². The third kappa shape index (κ3) is 5.52. The number of hydrogen-bond acceptors (Lipinski definition) is 2. The van der Waals surface area contributed by atoms with Crippen molar-refractivity contribution in [2.24, 2.45) is 4.99 Å². The van der Waals surface area contributed by atoms with Crippen molar-refractivity contribution in [3.8, 4) is 0 Å². The van der Waals surface area contributed by atoms with Gasteiger partial charge in [0.2, 0.25) is 0 Å². The van der Waals surface area contributed by atoms with Crippen LogP contribution >= 0.6 is 11.6 Å². The van der Waals surface area contributed by atoms with Crippen molar-refractivity contribution >= 4 is 17.6 Å². The van der Waals surface area contributed by atoms with Crippen LogP contribution in [0.4, 0.5) is 4.39 Å². The van der Waals surface area contributed by atoms with Gasteiger partial charge in [-0.3, -0.25) is 4.99 Å². The van der Waals surface area contributed by atoms with Gasteiger partial charge in [-0.15, -0.1) is 0 Å². The zero-order chi connectivity index (χ0) is 15.9. The van der Waals surface area contributed by atoms with E-state index >= 15 is 0 Å². The van der Waals surface area contributed by atoms with Gasteiger partial charge in [0.05, 0.1) is 6.61 Å². The standard InChI is InChI=1S/C15H23ClFN3O/c1-15(2,12-6-5-11(17)9-13(12)16)10-20-14(18-3)19-7-8-21-4/h5-6,9H,7-8,10H2,1-4H3,(H2,18,19,20). The molecule has 0 saturated heterocycles. The largest absolute Gasteiger partial charge is 0.383 e. The van der Waals surface area contributed by atoms with Gasteiger partial charge in [-0.1, -0.05) is 31.5 Å². The van der Waals surface area contributed by atoms with Gasteiger partial charge >= 0.3 is 0 Å². The van der Waals surface area contributed by atoms with Crippen molar-refractivity contribution in [2.45, 2.75) is 19.3 Å². The highest BCUT2D eigenvalue weighted by Gasteiger charge is 2.23. The number of hydrogen-bond donors (Lipinski definition) is 2. The minimum atomic E-state index is -0.329. The fraction of sp³-hybridized carbons (Fsp3) is 0.533. The van der Waals surface area contributed by atoms with Gasteiger partial charge < -0.3 is 15.4 Å². The van der Waals surface area contributed by atoms with Crippen LogP contribution < -0.4 is 10.6 Å². The topological polar surface area (TPSA) is 45.7 Å². The van der Waals surface area contributed by atoms with E-state index in [0.717, 1.165) is 5.56 Å². The molecule has 0 saturated carbocycles. The SMILES string of the molecule is CN=C(NCCOC)NCC(C)(C)c1ccc(F)cc1Cl. The van der Waals surface area contributed by atoms with Gasteiger partial charge in [-0.2, -0.15) is 0 Å². The summed E-state index contributed by atoms with van der Waals surface area (Å²) < 4.78 is 18.1. The first-order valence-corrected chi connectivity index (χ1v) is 7.17. The Bertz CT molecular complexity index is 492. The Balaban J connectivity index is 2.67. The van der Waals surface area contributed by atoms with Crippen LogP contribution in [0, 0.1) is 5.82 Å². The molecule has 1 rings (SSSR count). The van der Waals surface area contributed by atoms with Crippen LogP contribution in [0.25, 0.3) is 0 Å². The Labute approximate surface area is 130 Å². The molecule has 0 bridgehead atoms. The second-order valence-corrected chi connectivity index (χ2v) is 5.76. The molecule has 0 heterocycles. The van der Waals surface area contributed by atoms with Crippen molar-refractivity contribution in [1.29, 1.82) is 0 Å². The Morgan fingerprint density at radius 1 is 1.38 bits per heavy atom. The lowest BCUT2D eigenvalue weighted by Gasteiger charge is -2.27. The van der Waals surface area contributed by atoms with Crippen molar-refractivity contribution in [2.75, 3.05) is 33.9 Å². The van der Waals surface area contributed by atoms with E-state index in [-0.39, 0.29) is 11.2 Å². The molecule has 0 aromatic heterocycles. The molecule has 0 spiro atoms. The maximum absolute atomic E-state index is 13.1. The predicted molar refractivity (Wildman–Crippen MR) is 85.7 cm³/mol. The lowest BCUT2D eigenvalue weighted by Crippen LogP contribution is -2.44. The second kappa shape index (κ2) is 8.20. The first kappa shape index (κ1) is 17.7. The summed E-state index contributed by atoms with van der Waals surface area (Å²) in [6.07, 6.45) is 0. The molecular weight excluding hydrogens is 293 g/mol. The van der Waals surface area contributed by atoms with E-state index < -0.39 is 0 Å². The molecule has 1 aromatic rings. The molecule has 4 nitrogen and oxygen atoms in total. The van der Waals surface area contributed by atoms with E-state index in [2.05, 4.69) is 15.6 Å². The highest BCUT2D eigenvalue weighted by atomic mass is 35.5. The number of nitrogens with one attached hydrogen (secondary N) is 2.